The van der Waals surface area contributed by atoms with Gasteiger partial charge >= 0.3 is 6.09 Å². The molecule has 2 aliphatic carbocycles. The minimum absolute atomic E-state index is 0.100. The molecule has 2 aromatic rings. The monoisotopic (exact) mass is 373 g/mol. The maximum Gasteiger partial charge on any atom is 0.407 e. The number of ether oxygens (including phenoxy) is 1. The van der Waals surface area contributed by atoms with Crippen LogP contribution in [0.25, 0.3) is 11.1 Å². The Hall–Kier alpha value is -2.81. The van der Waals surface area contributed by atoms with Crippen molar-refractivity contribution in [2.24, 2.45) is 5.92 Å². The number of carbonyl (C=O) groups excluding carboxylic acids is 1. The van der Waals surface area contributed by atoms with Gasteiger partial charge in [-0.05, 0) is 54.4 Å². The van der Waals surface area contributed by atoms with E-state index in [4.69, 9.17) is 4.74 Å². The molecule has 0 saturated heterocycles. The third kappa shape index (κ3) is 3.75. The smallest absolute Gasteiger partial charge is 0.407 e. The fraction of sp³-hybridized carbons (Fsp3) is 0.320. The summed E-state index contributed by atoms with van der Waals surface area (Å²) in [7, 11) is 0. The minimum Gasteiger partial charge on any atom is -0.449 e. The second-order valence-electron chi connectivity index (χ2n) is 7.86. The molecule has 1 atom stereocenters. The van der Waals surface area contributed by atoms with Crippen LogP contribution in [0.4, 0.5) is 4.79 Å². The van der Waals surface area contributed by atoms with E-state index in [1.165, 1.54) is 33.4 Å². The number of amides is 1. The van der Waals surface area contributed by atoms with Gasteiger partial charge in [0.1, 0.15) is 6.61 Å². The maximum absolute atomic E-state index is 12.3. The molecule has 3 nitrogen and oxygen atoms in total. The van der Waals surface area contributed by atoms with Crippen molar-refractivity contribution in [3.63, 3.8) is 0 Å². The summed E-state index contributed by atoms with van der Waals surface area (Å²) in [5.41, 5.74) is 7.48. The van der Waals surface area contributed by atoms with Gasteiger partial charge in [-0.1, -0.05) is 72.3 Å². The molecule has 2 aromatic carbocycles. The Balaban J connectivity index is 1.34. The lowest BCUT2D eigenvalue weighted by Gasteiger charge is -2.22. The third-order valence-electron chi connectivity index (χ3n) is 6.01. The molecule has 144 valence electrons. The number of benzene rings is 2. The molecule has 0 fully saturated rings. The molecule has 0 saturated carbocycles. The SMILES string of the molecule is C=C(C)[C@@H]1CC=C(CNC(=O)OCC2c3ccccc3-c3ccccc32)CC1. The van der Waals surface area contributed by atoms with Crippen LogP contribution < -0.4 is 5.32 Å². The van der Waals surface area contributed by atoms with Crippen molar-refractivity contribution in [1.29, 1.82) is 0 Å². The zero-order valence-electron chi connectivity index (χ0n) is 16.4. The number of rotatable bonds is 5. The van der Waals surface area contributed by atoms with Crippen molar-refractivity contribution in [2.75, 3.05) is 13.2 Å². The van der Waals surface area contributed by atoms with E-state index < -0.39 is 0 Å². The number of hydrogen-bond acceptors (Lipinski definition) is 2. The Morgan fingerprint density at radius 3 is 2.32 bits per heavy atom. The average molecular weight is 373 g/mol. The first-order valence-electron chi connectivity index (χ1n) is 10.1. The molecule has 0 spiro atoms. The van der Waals surface area contributed by atoms with E-state index in [0.29, 0.717) is 19.1 Å². The Bertz CT molecular complexity index is 882. The summed E-state index contributed by atoms with van der Waals surface area (Å²) in [5, 5.41) is 2.92. The summed E-state index contributed by atoms with van der Waals surface area (Å²) >= 11 is 0. The molecule has 0 heterocycles. The number of alkyl carbamates (subject to hydrolysis) is 1. The number of hydrogen-bond donors (Lipinski definition) is 1. The van der Waals surface area contributed by atoms with Gasteiger partial charge in [0.25, 0.3) is 0 Å². The van der Waals surface area contributed by atoms with Crippen LogP contribution >= 0.6 is 0 Å². The van der Waals surface area contributed by atoms with Crippen molar-refractivity contribution in [1.82, 2.24) is 5.32 Å². The quantitative estimate of drug-likeness (QED) is 0.670. The number of allylic oxidation sites excluding steroid dienone is 2. The molecule has 4 rings (SSSR count). The van der Waals surface area contributed by atoms with Gasteiger partial charge in [-0.3, -0.25) is 0 Å². The average Bonchev–Trinajstić information content (AvgIpc) is 3.05. The molecule has 3 heteroatoms. The van der Waals surface area contributed by atoms with Crippen molar-refractivity contribution in [2.45, 2.75) is 32.1 Å². The predicted molar refractivity (Wildman–Crippen MR) is 113 cm³/mol. The topological polar surface area (TPSA) is 38.3 Å². The van der Waals surface area contributed by atoms with E-state index >= 15 is 0 Å². The van der Waals surface area contributed by atoms with E-state index in [-0.39, 0.29) is 12.0 Å². The standard InChI is InChI=1S/C25H27NO2/c1-17(2)19-13-11-18(12-14-19)15-26-25(27)28-16-24-22-9-5-3-7-20(22)21-8-4-6-10-23(21)24/h3-11,19,24H,1,12-16H2,2H3,(H,26,27)/t19-/m1/s1. The van der Waals surface area contributed by atoms with Gasteiger partial charge in [0.15, 0.2) is 0 Å². The Morgan fingerprint density at radius 2 is 1.75 bits per heavy atom. The highest BCUT2D eigenvalue weighted by atomic mass is 16.5. The highest BCUT2D eigenvalue weighted by Gasteiger charge is 2.29. The number of nitrogens with one attached hydrogen (secondary N) is 1. The first-order valence-corrected chi connectivity index (χ1v) is 10.1. The molecule has 0 bridgehead atoms. The molecule has 0 aromatic heterocycles. The molecular formula is C25H27NO2. The highest BCUT2D eigenvalue weighted by molar-refractivity contribution is 5.79. The Morgan fingerprint density at radius 1 is 1.11 bits per heavy atom. The van der Waals surface area contributed by atoms with E-state index in [1.807, 2.05) is 12.1 Å². The largest absolute Gasteiger partial charge is 0.449 e. The first kappa shape index (κ1) is 18.5. The third-order valence-corrected chi connectivity index (χ3v) is 6.01. The van der Waals surface area contributed by atoms with Crippen LogP contribution in [-0.4, -0.2) is 19.2 Å². The fourth-order valence-corrected chi connectivity index (χ4v) is 4.33. The molecule has 1 amide bonds. The summed E-state index contributed by atoms with van der Waals surface area (Å²) in [6, 6.07) is 16.8. The van der Waals surface area contributed by atoms with Crippen LogP contribution in [0.3, 0.4) is 0 Å². The van der Waals surface area contributed by atoms with Crippen LogP contribution in [0, 0.1) is 5.92 Å². The zero-order chi connectivity index (χ0) is 19.5. The molecule has 0 radical (unpaired) electrons. The van der Waals surface area contributed by atoms with Crippen molar-refractivity contribution in [3.05, 3.63) is 83.5 Å². The van der Waals surface area contributed by atoms with Gasteiger partial charge < -0.3 is 10.1 Å². The lowest BCUT2D eigenvalue weighted by Crippen LogP contribution is -2.28. The molecule has 0 unspecified atom stereocenters. The predicted octanol–water partition coefficient (Wildman–Crippen LogP) is 5.83. The van der Waals surface area contributed by atoms with Crippen LogP contribution in [0.2, 0.25) is 0 Å². The summed E-state index contributed by atoms with van der Waals surface area (Å²) in [6.07, 6.45) is 5.06. The van der Waals surface area contributed by atoms with Gasteiger partial charge in [-0.2, -0.15) is 0 Å². The number of carbonyl (C=O) groups is 1. The van der Waals surface area contributed by atoms with E-state index in [2.05, 4.69) is 61.3 Å². The van der Waals surface area contributed by atoms with Gasteiger partial charge in [0, 0.05) is 12.5 Å². The molecule has 1 N–H and O–H groups in total. The normalized spacial score (nSPS) is 18.0. The fourth-order valence-electron chi connectivity index (χ4n) is 4.33. The lowest BCUT2D eigenvalue weighted by atomic mass is 9.85. The first-order chi connectivity index (χ1) is 13.6. The van der Waals surface area contributed by atoms with Crippen LogP contribution in [0.5, 0.6) is 0 Å². The molecule has 2 aliphatic rings. The van der Waals surface area contributed by atoms with Crippen LogP contribution in [0.15, 0.2) is 72.3 Å². The van der Waals surface area contributed by atoms with E-state index in [9.17, 15) is 4.79 Å². The second kappa shape index (κ2) is 8.05. The highest BCUT2D eigenvalue weighted by Crippen LogP contribution is 2.44. The minimum atomic E-state index is -0.343. The van der Waals surface area contributed by atoms with Crippen molar-refractivity contribution in [3.8, 4) is 11.1 Å². The summed E-state index contributed by atoms with van der Waals surface area (Å²) in [5.74, 6) is 0.682. The van der Waals surface area contributed by atoms with Crippen molar-refractivity contribution < 1.29 is 9.53 Å². The number of fused-ring (bicyclic) bond motifs is 3. The lowest BCUT2D eigenvalue weighted by molar-refractivity contribution is 0.143. The Kier molecular flexibility index (Phi) is 5.34. The summed E-state index contributed by atoms with van der Waals surface area (Å²) in [4.78, 5) is 12.3. The van der Waals surface area contributed by atoms with Crippen molar-refractivity contribution >= 4 is 6.09 Å². The Labute approximate surface area is 167 Å². The van der Waals surface area contributed by atoms with Crippen LogP contribution in [0.1, 0.15) is 43.2 Å². The van der Waals surface area contributed by atoms with Gasteiger partial charge in [0.05, 0.1) is 0 Å². The maximum atomic E-state index is 12.3. The van der Waals surface area contributed by atoms with Crippen LogP contribution in [-0.2, 0) is 4.74 Å². The van der Waals surface area contributed by atoms with Gasteiger partial charge in [0.2, 0.25) is 0 Å². The van der Waals surface area contributed by atoms with E-state index in [0.717, 1.165) is 19.3 Å². The van der Waals surface area contributed by atoms with Gasteiger partial charge in [-0.15, -0.1) is 0 Å². The van der Waals surface area contributed by atoms with Gasteiger partial charge in [-0.25, -0.2) is 4.79 Å². The van der Waals surface area contributed by atoms with E-state index in [1.54, 1.807) is 0 Å². The summed E-state index contributed by atoms with van der Waals surface area (Å²) < 4.78 is 5.60. The summed E-state index contributed by atoms with van der Waals surface area (Å²) in [6.45, 7) is 7.08. The zero-order valence-corrected chi connectivity index (χ0v) is 16.4. The second-order valence-corrected chi connectivity index (χ2v) is 7.86. The molecular weight excluding hydrogens is 346 g/mol. The molecule has 0 aliphatic heterocycles. The molecule has 28 heavy (non-hydrogen) atoms.